The Morgan fingerprint density at radius 1 is 1.30 bits per heavy atom. The Balaban J connectivity index is 2.54. The predicted octanol–water partition coefficient (Wildman–Crippen LogP) is 3.58. The quantitative estimate of drug-likeness (QED) is 0.833. The van der Waals surface area contributed by atoms with Crippen LogP contribution >= 0.6 is 0 Å². The Bertz CT molecular complexity index is 443. The van der Waals surface area contributed by atoms with Crippen molar-refractivity contribution < 1.29 is 18.0 Å². The third kappa shape index (κ3) is 5.74. The van der Waals surface area contributed by atoms with Crippen LogP contribution in [0.25, 0.3) is 0 Å². The van der Waals surface area contributed by atoms with E-state index >= 15 is 0 Å². The minimum Gasteiger partial charge on any atom is -0.330 e. The monoisotopic (exact) mass is 287 g/mol. The van der Waals surface area contributed by atoms with E-state index in [4.69, 9.17) is 5.73 Å². The van der Waals surface area contributed by atoms with E-state index in [0.717, 1.165) is 25.0 Å². The van der Waals surface area contributed by atoms with E-state index in [9.17, 15) is 18.0 Å². The number of halogens is 3. The zero-order valence-corrected chi connectivity index (χ0v) is 11.5. The Morgan fingerprint density at radius 3 is 2.60 bits per heavy atom. The number of carbonyl (C=O) groups is 1. The smallest absolute Gasteiger partial charge is 0.330 e. The summed E-state index contributed by atoms with van der Waals surface area (Å²) in [6, 6.07) is 4.94. The van der Waals surface area contributed by atoms with Crippen molar-refractivity contribution in [1.29, 1.82) is 0 Å². The van der Waals surface area contributed by atoms with Crippen LogP contribution in [0, 0.1) is 5.92 Å². The van der Waals surface area contributed by atoms with Crippen molar-refractivity contribution in [3.8, 4) is 0 Å². The van der Waals surface area contributed by atoms with Gasteiger partial charge in [0.2, 0.25) is 0 Å². The first-order chi connectivity index (χ1) is 9.32. The van der Waals surface area contributed by atoms with Crippen LogP contribution in [-0.2, 0) is 17.4 Å². The van der Waals surface area contributed by atoms with Crippen LogP contribution in [0.2, 0.25) is 0 Å². The standard InChI is InChI=1S/C15H20F3NO/c1-11(7-8-19)5-6-14(20)10-12-3-2-4-13(9-12)15(16,17)18/h2-4,9,11H,5-8,10,19H2,1H3. The number of hydrogen-bond donors (Lipinski definition) is 1. The summed E-state index contributed by atoms with van der Waals surface area (Å²) in [5.74, 6) is 0.332. The molecular formula is C15H20F3NO. The number of ketones is 1. The highest BCUT2D eigenvalue weighted by Gasteiger charge is 2.30. The fourth-order valence-corrected chi connectivity index (χ4v) is 2.01. The molecule has 0 amide bonds. The Hall–Kier alpha value is -1.36. The summed E-state index contributed by atoms with van der Waals surface area (Å²) < 4.78 is 37.6. The average Bonchev–Trinajstić information content (AvgIpc) is 2.36. The second kappa shape index (κ2) is 7.43. The van der Waals surface area contributed by atoms with E-state index in [2.05, 4.69) is 0 Å². The molecule has 2 N–H and O–H groups in total. The molecule has 112 valence electrons. The van der Waals surface area contributed by atoms with Gasteiger partial charge in [0.05, 0.1) is 5.56 Å². The summed E-state index contributed by atoms with van der Waals surface area (Å²) >= 11 is 0. The summed E-state index contributed by atoms with van der Waals surface area (Å²) in [4.78, 5) is 11.8. The molecule has 0 radical (unpaired) electrons. The number of nitrogens with two attached hydrogens (primary N) is 1. The summed E-state index contributed by atoms with van der Waals surface area (Å²) in [7, 11) is 0. The molecule has 1 aromatic rings. The molecule has 0 aliphatic rings. The van der Waals surface area contributed by atoms with E-state index in [1.165, 1.54) is 6.07 Å². The third-order valence-electron chi connectivity index (χ3n) is 3.23. The highest BCUT2D eigenvalue weighted by Crippen LogP contribution is 2.29. The van der Waals surface area contributed by atoms with Gasteiger partial charge in [-0.3, -0.25) is 4.79 Å². The highest BCUT2D eigenvalue weighted by molar-refractivity contribution is 5.80. The number of benzene rings is 1. The number of hydrogen-bond acceptors (Lipinski definition) is 2. The molecule has 1 atom stereocenters. The van der Waals surface area contributed by atoms with Crippen LogP contribution in [0.5, 0.6) is 0 Å². The maximum Gasteiger partial charge on any atom is 0.416 e. The first-order valence-electron chi connectivity index (χ1n) is 6.71. The fraction of sp³-hybridized carbons (Fsp3) is 0.533. The van der Waals surface area contributed by atoms with Crippen molar-refractivity contribution in [1.82, 2.24) is 0 Å². The highest BCUT2D eigenvalue weighted by atomic mass is 19.4. The van der Waals surface area contributed by atoms with Gasteiger partial charge in [0.25, 0.3) is 0 Å². The van der Waals surface area contributed by atoms with Gasteiger partial charge in [-0.1, -0.05) is 25.1 Å². The van der Waals surface area contributed by atoms with Crippen LogP contribution in [0.1, 0.15) is 37.3 Å². The van der Waals surface area contributed by atoms with Crippen molar-refractivity contribution in [3.63, 3.8) is 0 Å². The minimum absolute atomic E-state index is 0.0341. The molecule has 20 heavy (non-hydrogen) atoms. The van der Waals surface area contributed by atoms with Crippen molar-refractivity contribution in [3.05, 3.63) is 35.4 Å². The molecule has 0 saturated carbocycles. The van der Waals surface area contributed by atoms with Crippen LogP contribution in [0.3, 0.4) is 0 Å². The van der Waals surface area contributed by atoms with E-state index in [1.54, 1.807) is 6.07 Å². The zero-order valence-electron chi connectivity index (χ0n) is 11.5. The van der Waals surface area contributed by atoms with Gasteiger partial charge in [-0.05, 0) is 36.9 Å². The first kappa shape index (κ1) is 16.7. The third-order valence-corrected chi connectivity index (χ3v) is 3.23. The normalized spacial score (nSPS) is 13.2. The van der Waals surface area contributed by atoms with Gasteiger partial charge in [-0.2, -0.15) is 13.2 Å². The van der Waals surface area contributed by atoms with Crippen LogP contribution in [0.15, 0.2) is 24.3 Å². The summed E-state index contributed by atoms with van der Waals surface area (Å²) in [5.41, 5.74) is 5.13. The van der Waals surface area contributed by atoms with Gasteiger partial charge >= 0.3 is 6.18 Å². The largest absolute Gasteiger partial charge is 0.416 e. The lowest BCUT2D eigenvalue weighted by Gasteiger charge is -2.10. The van der Waals surface area contributed by atoms with Crippen molar-refractivity contribution in [2.75, 3.05) is 6.54 Å². The van der Waals surface area contributed by atoms with E-state index in [-0.39, 0.29) is 12.2 Å². The molecule has 0 heterocycles. The van der Waals surface area contributed by atoms with Crippen LogP contribution < -0.4 is 5.73 Å². The van der Waals surface area contributed by atoms with Crippen LogP contribution in [0.4, 0.5) is 13.2 Å². The van der Waals surface area contributed by atoms with Crippen molar-refractivity contribution in [2.24, 2.45) is 11.7 Å². The summed E-state index contributed by atoms with van der Waals surface area (Å²) in [6.07, 6.45) is -2.34. The second-order valence-corrected chi connectivity index (χ2v) is 5.13. The van der Waals surface area contributed by atoms with Gasteiger partial charge < -0.3 is 5.73 Å². The van der Waals surface area contributed by atoms with Gasteiger partial charge in [0.15, 0.2) is 0 Å². The summed E-state index contributed by atoms with van der Waals surface area (Å²) in [6.45, 7) is 2.60. The van der Waals surface area contributed by atoms with E-state index in [0.29, 0.717) is 24.4 Å². The molecule has 0 aliphatic carbocycles. The first-order valence-corrected chi connectivity index (χ1v) is 6.71. The Morgan fingerprint density at radius 2 is 2.00 bits per heavy atom. The fourth-order valence-electron chi connectivity index (χ4n) is 2.01. The molecule has 0 aliphatic heterocycles. The number of carbonyl (C=O) groups excluding carboxylic acids is 1. The number of alkyl halides is 3. The summed E-state index contributed by atoms with van der Waals surface area (Å²) in [5, 5.41) is 0. The lowest BCUT2D eigenvalue weighted by Crippen LogP contribution is -2.10. The molecule has 0 aromatic heterocycles. The van der Waals surface area contributed by atoms with E-state index < -0.39 is 11.7 Å². The molecule has 0 fully saturated rings. The maximum atomic E-state index is 12.5. The van der Waals surface area contributed by atoms with Gasteiger partial charge in [0.1, 0.15) is 5.78 Å². The number of rotatable bonds is 7. The van der Waals surface area contributed by atoms with Gasteiger partial charge in [-0.25, -0.2) is 0 Å². The molecule has 0 bridgehead atoms. The molecule has 1 rings (SSSR count). The van der Waals surface area contributed by atoms with Crippen molar-refractivity contribution in [2.45, 2.75) is 38.8 Å². The average molecular weight is 287 g/mol. The SMILES string of the molecule is CC(CCN)CCC(=O)Cc1cccc(C(F)(F)F)c1. The van der Waals surface area contributed by atoms with Gasteiger partial charge in [-0.15, -0.1) is 0 Å². The lowest BCUT2D eigenvalue weighted by atomic mass is 9.97. The molecule has 5 heteroatoms. The molecule has 0 spiro atoms. The molecular weight excluding hydrogens is 267 g/mol. The number of Topliss-reactive ketones (excluding diaryl/α,β-unsaturated/α-hetero) is 1. The lowest BCUT2D eigenvalue weighted by molar-refractivity contribution is -0.137. The van der Waals surface area contributed by atoms with Crippen LogP contribution in [-0.4, -0.2) is 12.3 Å². The topological polar surface area (TPSA) is 43.1 Å². The maximum absolute atomic E-state index is 12.5. The second-order valence-electron chi connectivity index (χ2n) is 5.13. The molecule has 0 saturated heterocycles. The molecule has 1 aromatic carbocycles. The van der Waals surface area contributed by atoms with Gasteiger partial charge in [0, 0.05) is 12.8 Å². The Kier molecular flexibility index (Phi) is 6.20. The molecule has 2 nitrogen and oxygen atoms in total. The molecule has 1 unspecified atom stereocenters. The minimum atomic E-state index is -4.37. The zero-order chi connectivity index (χ0) is 15.2. The van der Waals surface area contributed by atoms with E-state index in [1.807, 2.05) is 6.92 Å². The predicted molar refractivity (Wildman–Crippen MR) is 72.2 cm³/mol. The Labute approximate surface area is 117 Å². The van der Waals surface area contributed by atoms with Crippen molar-refractivity contribution >= 4 is 5.78 Å².